The predicted molar refractivity (Wildman–Crippen MR) is 103 cm³/mol. The Bertz CT molecular complexity index is 780. The molecule has 2 aromatic rings. The SMILES string of the molecule is CCOc1ccc(COc2c(OC)cc(C=CC=O)c(OC)c2OC)cc1. The van der Waals surface area contributed by atoms with Crippen molar-refractivity contribution in [2.24, 2.45) is 0 Å². The molecule has 0 unspecified atom stereocenters. The van der Waals surface area contributed by atoms with Crippen LogP contribution >= 0.6 is 0 Å². The molecule has 0 aliphatic carbocycles. The number of methoxy groups -OCH3 is 3. The third kappa shape index (κ3) is 4.94. The highest BCUT2D eigenvalue weighted by Gasteiger charge is 2.21. The molecule has 2 aromatic carbocycles. The Morgan fingerprint density at radius 2 is 1.59 bits per heavy atom. The average Bonchev–Trinajstić information content (AvgIpc) is 2.71. The zero-order valence-corrected chi connectivity index (χ0v) is 16.0. The Balaban J connectivity index is 2.33. The molecule has 0 spiro atoms. The first-order valence-corrected chi connectivity index (χ1v) is 8.47. The zero-order valence-electron chi connectivity index (χ0n) is 16.0. The summed E-state index contributed by atoms with van der Waals surface area (Å²) in [5.74, 6) is 2.56. The largest absolute Gasteiger partial charge is 0.494 e. The van der Waals surface area contributed by atoms with E-state index in [4.69, 9.17) is 23.7 Å². The van der Waals surface area contributed by atoms with E-state index in [1.165, 1.54) is 27.4 Å². The molecule has 6 nitrogen and oxygen atoms in total. The average molecular weight is 372 g/mol. The molecule has 0 radical (unpaired) electrons. The van der Waals surface area contributed by atoms with Gasteiger partial charge >= 0.3 is 0 Å². The van der Waals surface area contributed by atoms with Crippen LogP contribution in [-0.4, -0.2) is 34.2 Å². The quantitative estimate of drug-likeness (QED) is 0.466. The second-order valence-corrected chi connectivity index (χ2v) is 5.42. The van der Waals surface area contributed by atoms with E-state index in [0.717, 1.165) is 11.3 Å². The molecule has 6 heteroatoms. The number of allylic oxidation sites excluding steroid dienone is 1. The van der Waals surface area contributed by atoms with Crippen LogP contribution in [0.3, 0.4) is 0 Å². The lowest BCUT2D eigenvalue weighted by Crippen LogP contribution is -2.03. The number of aldehydes is 1. The van der Waals surface area contributed by atoms with Crippen molar-refractivity contribution in [3.05, 3.63) is 47.5 Å². The first-order chi connectivity index (χ1) is 13.2. The van der Waals surface area contributed by atoms with Crippen molar-refractivity contribution in [1.82, 2.24) is 0 Å². The van der Waals surface area contributed by atoms with Crippen LogP contribution < -0.4 is 23.7 Å². The van der Waals surface area contributed by atoms with Crippen LogP contribution in [0.5, 0.6) is 28.7 Å². The molecule has 0 aliphatic rings. The molecule has 144 valence electrons. The molecular formula is C21H24O6. The minimum Gasteiger partial charge on any atom is -0.494 e. The van der Waals surface area contributed by atoms with Crippen LogP contribution in [-0.2, 0) is 11.4 Å². The van der Waals surface area contributed by atoms with Crippen molar-refractivity contribution in [2.45, 2.75) is 13.5 Å². The lowest BCUT2D eigenvalue weighted by molar-refractivity contribution is -0.104. The van der Waals surface area contributed by atoms with Gasteiger partial charge in [-0.25, -0.2) is 0 Å². The second kappa shape index (κ2) is 10.1. The van der Waals surface area contributed by atoms with Gasteiger partial charge in [-0.2, -0.15) is 0 Å². The Morgan fingerprint density at radius 3 is 2.15 bits per heavy atom. The van der Waals surface area contributed by atoms with Gasteiger partial charge in [-0.1, -0.05) is 12.1 Å². The Kier molecular flexibility index (Phi) is 7.55. The van der Waals surface area contributed by atoms with Gasteiger partial charge in [0.15, 0.2) is 11.5 Å². The predicted octanol–water partition coefficient (Wildman–Crippen LogP) is 3.90. The summed E-state index contributed by atoms with van der Waals surface area (Å²) in [5.41, 5.74) is 1.61. The lowest BCUT2D eigenvalue weighted by Gasteiger charge is -2.19. The number of carbonyl (C=O) groups is 1. The zero-order chi connectivity index (χ0) is 19.6. The Labute approximate surface area is 159 Å². The van der Waals surface area contributed by atoms with Gasteiger partial charge in [0.25, 0.3) is 0 Å². The van der Waals surface area contributed by atoms with Crippen LogP contribution in [0.1, 0.15) is 18.1 Å². The van der Waals surface area contributed by atoms with Crippen molar-refractivity contribution in [3.63, 3.8) is 0 Å². The monoisotopic (exact) mass is 372 g/mol. The molecule has 0 aliphatic heterocycles. The highest BCUT2D eigenvalue weighted by atomic mass is 16.5. The van der Waals surface area contributed by atoms with Crippen LogP contribution in [0.4, 0.5) is 0 Å². The van der Waals surface area contributed by atoms with Gasteiger partial charge in [-0.3, -0.25) is 4.79 Å². The smallest absolute Gasteiger partial charge is 0.207 e. The lowest BCUT2D eigenvalue weighted by atomic mass is 10.1. The number of ether oxygens (including phenoxy) is 5. The van der Waals surface area contributed by atoms with Crippen LogP contribution in [0.2, 0.25) is 0 Å². The Hall–Kier alpha value is -3.15. The molecular weight excluding hydrogens is 348 g/mol. The number of hydrogen-bond donors (Lipinski definition) is 0. The number of carbonyl (C=O) groups excluding carboxylic acids is 1. The molecule has 0 atom stereocenters. The van der Waals surface area contributed by atoms with Gasteiger partial charge in [-0.15, -0.1) is 0 Å². The first kappa shape index (κ1) is 20.2. The third-order valence-electron chi connectivity index (χ3n) is 3.79. The van der Waals surface area contributed by atoms with Crippen LogP contribution in [0.25, 0.3) is 6.08 Å². The maximum Gasteiger partial charge on any atom is 0.207 e. The minimum atomic E-state index is 0.311. The van der Waals surface area contributed by atoms with E-state index in [-0.39, 0.29) is 0 Å². The second-order valence-electron chi connectivity index (χ2n) is 5.42. The van der Waals surface area contributed by atoms with Gasteiger partial charge < -0.3 is 23.7 Å². The van der Waals surface area contributed by atoms with Crippen LogP contribution in [0, 0.1) is 0 Å². The van der Waals surface area contributed by atoms with Crippen molar-refractivity contribution in [2.75, 3.05) is 27.9 Å². The summed E-state index contributed by atoms with van der Waals surface area (Å²) in [6.45, 7) is 2.87. The summed E-state index contributed by atoms with van der Waals surface area (Å²) in [6, 6.07) is 9.38. The molecule has 0 bridgehead atoms. The normalized spacial score (nSPS) is 10.5. The van der Waals surface area contributed by atoms with Gasteiger partial charge in [0.05, 0.1) is 27.9 Å². The molecule has 27 heavy (non-hydrogen) atoms. The van der Waals surface area contributed by atoms with E-state index in [2.05, 4.69) is 0 Å². The molecule has 0 saturated heterocycles. The minimum absolute atomic E-state index is 0.311. The first-order valence-electron chi connectivity index (χ1n) is 8.47. The summed E-state index contributed by atoms with van der Waals surface area (Å²) < 4.78 is 27.8. The van der Waals surface area contributed by atoms with Crippen molar-refractivity contribution >= 4 is 12.4 Å². The third-order valence-corrected chi connectivity index (χ3v) is 3.79. The van der Waals surface area contributed by atoms with E-state index in [0.29, 0.717) is 48.1 Å². The molecule has 0 saturated carbocycles. The highest BCUT2D eigenvalue weighted by molar-refractivity contribution is 5.78. The number of rotatable bonds is 10. The fraction of sp³-hybridized carbons (Fsp3) is 0.286. The van der Waals surface area contributed by atoms with Gasteiger partial charge in [0.1, 0.15) is 18.6 Å². The fourth-order valence-electron chi connectivity index (χ4n) is 2.57. The maximum atomic E-state index is 10.7. The molecule has 0 fully saturated rings. The number of hydrogen-bond acceptors (Lipinski definition) is 6. The van der Waals surface area contributed by atoms with Crippen molar-refractivity contribution in [3.8, 4) is 28.7 Å². The molecule has 0 aromatic heterocycles. The number of benzene rings is 2. The summed E-state index contributed by atoms with van der Waals surface area (Å²) in [4.78, 5) is 10.7. The standard InChI is InChI=1S/C21H24O6/c1-5-26-17-10-8-15(9-11-17)14-27-20-18(23-2)13-16(7-6-12-22)19(24-3)21(20)25-4/h6-13H,5,14H2,1-4H3. The molecule has 0 N–H and O–H groups in total. The highest BCUT2D eigenvalue weighted by Crippen LogP contribution is 2.47. The topological polar surface area (TPSA) is 63.2 Å². The molecule has 0 amide bonds. The van der Waals surface area contributed by atoms with E-state index in [1.54, 1.807) is 12.1 Å². The van der Waals surface area contributed by atoms with Gasteiger partial charge in [0.2, 0.25) is 11.5 Å². The molecule has 0 heterocycles. The van der Waals surface area contributed by atoms with Crippen molar-refractivity contribution < 1.29 is 28.5 Å². The van der Waals surface area contributed by atoms with E-state index < -0.39 is 0 Å². The summed E-state index contributed by atoms with van der Waals surface area (Å²) in [7, 11) is 4.59. The van der Waals surface area contributed by atoms with E-state index in [9.17, 15) is 4.79 Å². The van der Waals surface area contributed by atoms with E-state index >= 15 is 0 Å². The van der Waals surface area contributed by atoms with Gasteiger partial charge in [0, 0.05) is 5.56 Å². The van der Waals surface area contributed by atoms with Crippen LogP contribution in [0.15, 0.2) is 36.4 Å². The summed E-state index contributed by atoms with van der Waals surface area (Å²) in [5, 5.41) is 0. The van der Waals surface area contributed by atoms with Crippen molar-refractivity contribution in [1.29, 1.82) is 0 Å². The Morgan fingerprint density at radius 1 is 0.889 bits per heavy atom. The maximum absolute atomic E-state index is 10.7. The van der Waals surface area contributed by atoms with E-state index in [1.807, 2.05) is 31.2 Å². The summed E-state index contributed by atoms with van der Waals surface area (Å²) >= 11 is 0. The summed E-state index contributed by atoms with van der Waals surface area (Å²) in [6.07, 6.45) is 3.68. The molecule has 2 rings (SSSR count). The fourth-order valence-corrected chi connectivity index (χ4v) is 2.57. The van der Waals surface area contributed by atoms with Gasteiger partial charge in [-0.05, 0) is 42.8 Å².